The van der Waals surface area contributed by atoms with Crippen molar-refractivity contribution >= 4 is 63.9 Å². The van der Waals surface area contributed by atoms with Crippen LogP contribution in [0.15, 0.2) is 37.0 Å². The quantitative estimate of drug-likeness (QED) is 0.0211. The normalized spacial score (nSPS) is 20.7. The Hall–Kier alpha value is -2.86. The molecule has 0 spiro atoms. The van der Waals surface area contributed by atoms with Gasteiger partial charge in [0, 0.05) is 66.3 Å². The molecule has 0 aliphatic carbocycles. The van der Waals surface area contributed by atoms with Crippen LogP contribution in [0, 0.1) is 0 Å². The summed E-state index contributed by atoms with van der Waals surface area (Å²) in [4.78, 5) is 40.2. The second-order valence-electron chi connectivity index (χ2n) is 25.7. The van der Waals surface area contributed by atoms with Crippen LogP contribution in [0.1, 0.15) is 168 Å². The van der Waals surface area contributed by atoms with Crippen molar-refractivity contribution in [3.63, 3.8) is 0 Å². The maximum absolute atomic E-state index is 12.2. The number of ether oxygens (including phenoxy) is 2. The summed E-state index contributed by atoms with van der Waals surface area (Å²) in [5, 5.41) is 0. The van der Waals surface area contributed by atoms with Gasteiger partial charge in [-0.05, 0) is 45.6 Å². The Kier molecular flexibility index (Phi) is 40.0. The molecule has 3 saturated heterocycles. The molecule has 0 aromatic carbocycles. The summed E-state index contributed by atoms with van der Waals surface area (Å²) in [6, 6.07) is 0.387. The predicted octanol–water partition coefficient (Wildman–Crippen LogP) is 4.95. The van der Waals surface area contributed by atoms with Crippen molar-refractivity contribution in [2.24, 2.45) is 0 Å². The molecule has 26 heteroatoms. The lowest BCUT2D eigenvalue weighted by molar-refractivity contribution is -1.03. The van der Waals surface area contributed by atoms with E-state index in [1.165, 1.54) is 81.6 Å². The average Bonchev–Trinajstić information content (AvgIpc) is 1.84. The van der Waals surface area contributed by atoms with E-state index in [2.05, 4.69) is 51.5 Å². The molecule has 87 heavy (non-hydrogen) atoms. The van der Waals surface area contributed by atoms with Crippen LogP contribution in [-0.2, 0) is 64.0 Å². The van der Waals surface area contributed by atoms with Gasteiger partial charge in [-0.1, -0.05) is 132 Å². The molecule has 510 valence electrons. The van der Waals surface area contributed by atoms with Crippen molar-refractivity contribution in [3.8, 4) is 0 Å². The summed E-state index contributed by atoms with van der Waals surface area (Å²) in [7, 11) is -9.37. The molecule has 3 heterocycles. The number of carbonyl (C=O) groups excluding carboxylic acids is 3. The highest BCUT2D eigenvalue weighted by Gasteiger charge is 2.39. The Morgan fingerprint density at radius 3 is 1.46 bits per heavy atom. The van der Waals surface area contributed by atoms with E-state index >= 15 is 0 Å². The Balaban J connectivity index is 0.000000692. The van der Waals surface area contributed by atoms with Crippen molar-refractivity contribution in [2.45, 2.75) is 181 Å². The lowest BCUT2D eigenvalue weighted by Gasteiger charge is -2.45. The molecule has 3 aliphatic rings. The van der Waals surface area contributed by atoms with E-state index in [4.69, 9.17) is 9.47 Å². The van der Waals surface area contributed by atoms with E-state index in [0.29, 0.717) is 86.7 Å². The summed E-state index contributed by atoms with van der Waals surface area (Å²) in [6.45, 7) is 28.4. The minimum Gasteiger partial charge on any atom is -0.778 e. The zero-order valence-corrected chi connectivity index (χ0v) is 57.6. The van der Waals surface area contributed by atoms with Crippen LogP contribution in [0.3, 0.4) is 0 Å². The van der Waals surface area contributed by atoms with Gasteiger partial charge in [-0.15, -0.1) is 0 Å². The lowest BCUT2D eigenvalue weighted by atomic mass is 10.0. The molecule has 0 saturated carbocycles. The van der Waals surface area contributed by atoms with Gasteiger partial charge in [-0.3, -0.25) is 13.9 Å². The number of hydrogen-bond acceptors (Lipinski definition) is 17. The first-order chi connectivity index (χ1) is 40.5. The molecular weight excluding hydrogens is 1200 g/mol. The number of esters is 2. The maximum Gasteiger partial charge on any atom is 0.334 e. The minimum absolute atomic E-state index is 0.0663. The van der Waals surface area contributed by atoms with E-state index in [1.54, 1.807) is 18.7 Å². The molecule has 0 radical (unpaired) electrons. The Labute approximate surface area is 527 Å². The fourth-order valence-electron chi connectivity index (χ4n) is 11.6. The van der Waals surface area contributed by atoms with Crippen molar-refractivity contribution < 1.29 is 89.9 Å². The van der Waals surface area contributed by atoms with Crippen LogP contribution < -0.4 is 4.90 Å². The van der Waals surface area contributed by atoms with Crippen molar-refractivity contribution in [2.75, 3.05) is 149 Å². The standard InChI is InChI=1S/C27H52N2O7S2.C23H44N2O5S.C11H20N2O4S/c1-25(2)27(30)36-21-13-11-9-7-5-6-8-10-12-16-26-24-29(3,19-15-22-37(4,31)32)20-18-28(26)17-14-23-38(33,34)35;1-5-6-7-8-9-10-11-12-14-22(30-23(26)21(2)3)24-15-18-25(4,19-16-24)17-13-20-31(27,28)29;1-3-11(14)12-5-8-13(2,9-6-12)7-4-10-18(15,16)17/h26H,1,4-24H2,2-3H3,(H-,31,32,33,34,35);22H,2,5-20H2,1,3-4H3;3H,1,4-10H2,2H3. The molecule has 22 nitrogen and oxygen atoms in total. The summed E-state index contributed by atoms with van der Waals surface area (Å²) >= 11 is 0. The molecular formula is C61H116N6O16S4. The topological polar surface area (TPSA) is 292 Å². The summed E-state index contributed by atoms with van der Waals surface area (Å²) < 4.78 is 133. The number of carbonyl (C=O) groups is 3. The largest absolute Gasteiger partial charge is 0.778 e. The third kappa shape index (κ3) is 42.0. The number of nitrogens with one attached hydrogen (secondary N) is 1. The van der Waals surface area contributed by atoms with E-state index in [1.807, 2.05) is 7.05 Å². The fraction of sp³-hybridized carbons (Fsp3) is 0.836. The highest BCUT2D eigenvalue weighted by molar-refractivity contribution is 7.95. The van der Waals surface area contributed by atoms with Gasteiger partial charge in [0.05, 0.1) is 137 Å². The highest BCUT2D eigenvalue weighted by atomic mass is 32.2. The van der Waals surface area contributed by atoms with Crippen molar-refractivity contribution in [1.82, 2.24) is 9.80 Å². The van der Waals surface area contributed by atoms with E-state index < -0.39 is 40.2 Å². The smallest absolute Gasteiger partial charge is 0.334 e. The number of quaternary nitrogens is 4. The summed E-state index contributed by atoms with van der Waals surface area (Å²) in [5.41, 5.74) is 0.852. The third-order valence-corrected chi connectivity index (χ3v) is 20.5. The summed E-state index contributed by atoms with van der Waals surface area (Å²) in [6.07, 6.45) is 24.8. The van der Waals surface area contributed by atoms with E-state index in [0.717, 1.165) is 126 Å². The number of piperazine rings is 3. The number of rotatable bonds is 42. The van der Waals surface area contributed by atoms with E-state index in [-0.39, 0.29) is 47.1 Å². The number of amides is 1. The first-order valence-electron chi connectivity index (χ1n) is 32.1. The van der Waals surface area contributed by atoms with Crippen LogP contribution in [0.4, 0.5) is 0 Å². The van der Waals surface area contributed by atoms with Gasteiger partial charge in [-0.2, -0.15) is 0 Å². The van der Waals surface area contributed by atoms with E-state index in [9.17, 15) is 62.1 Å². The predicted molar refractivity (Wildman–Crippen MR) is 342 cm³/mol. The van der Waals surface area contributed by atoms with Crippen LogP contribution in [0.5, 0.6) is 0 Å². The fourth-order valence-corrected chi connectivity index (χ4v) is 13.6. The zero-order chi connectivity index (χ0) is 65.8. The van der Waals surface area contributed by atoms with Crippen molar-refractivity contribution in [3.05, 3.63) is 37.0 Å². The summed E-state index contributed by atoms with van der Waals surface area (Å²) in [5.74, 6) is 1.69. The van der Waals surface area contributed by atoms with Crippen LogP contribution >= 0.6 is 0 Å². The molecule has 1 amide bonds. The SMILES string of the molecule is C=C(C)C(=O)OC(CCCCCCCCCC)N1CC[N+](C)(CCCS(=O)(=O)[O-])CC1.C=C(C)C(=O)OCCCCCCCCCCCC1C[N+](C)(CCCS(=C)(=O)[O-])CC[NH+]1CCCS(=O)(=O)[O-].C=CC(=O)N1CC[N+](C)(CCCS(=O)(=O)[O-])CC1. The number of unbranched alkanes of at least 4 members (excludes halogenated alkanes) is 15. The molecule has 3 rings (SSSR count). The average molecular weight is 1320 g/mol. The first kappa shape index (κ1) is 82.2. The molecule has 3 aliphatic heterocycles. The van der Waals surface area contributed by atoms with Gasteiger partial charge in [-0.25, -0.2) is 34.8 Å². The van der Waals surface area contributed by atoms with Gasteiger partial charge < -0.3 is 50.9 Å². The first-order valence-corrected chi connectivity index (χ1v) is 38.6. The molecule has 0 aromatic rings. The van der Waals surface area contributed by atoms with Gasteiger partial charge in [0.2, 0.25) is 5.91 Å². The minimum atomic E-state index is -4.19. The zero-order valence-electron chi connectivity index (χ0n) is 54.4. The van der Waals surface area contributed by atoms with Gasteiger partial charge in [0.25, 0.3) is 0 Å². The second kappa shape index (κ2) is 42.3. The van der Waals surface area contributed by atoms with Crippen LogP contribution in [0.2, 0.25) is 0 Å². The Morgan fingerprint density at radius 2 is 1.00 bits per heavy atom. The number of likely N-dealkylation sites (N-methyl/N-ethyl adjacent to an activating group) is 3. The van der Waals surface area contributed by atoms with Crippen molar-refractivity contribution in [1.29, 1.82) is 0 Å². The van der Waals surface area contributed by atoms with Crippen LogP contribution in [0.25, 0.3) is 0 Å². The lowest BCUT2D eigenvalue weighted by Crippen LogP contribution is -3.19. The molecule has 1 N–H and O–H groups in total. The molecule has 0 bridgehead atoms. The molecule has 0 aromatic heterocycles. The highest BCUT2D eigenvalue weighted by Crippen LogP contribution is 2.21. The molecule has 3 fully saturated rings. The van der Waals surface area contributed by atoms with Crippen LogP contribution in [-0.4, -0.2) is 256 Å². The van der Waals surface area contributed by atoms with Gasteiger partial charge >= 0.3 is 11.9 Å². The molecule has 5 atom stereocenters. The molecule has 5 unspecified atom stereocenters. The monoisotopic (exact) mass is 1320 g/mol. The maximum atomic E-state index is 12.2. The Bertz CT molecular complexity index is 2500. The number of nitrogens with zero attached hydrogens (tertiary/aromatic N) is 5. The number of hydrogen-bond donors (Lipinski definition) is 1. The Morgan fingerprint density at radius 1 is 0.575 bits per heavy atom. The third-order valence-electron chi connectivity index (χ3n) is 17.2. The second-order valence-corrected chi connectivity index (χ2v) is 32.2. The van der Waals surface area contributed by atoms with Gasteiger partial charge in [0.1, 0.15) is 25.7 Å². The van der Waals surface area contributed by atoms with Gasteiger partial charge in [0.15, 0.2) is 6.23 Å².